The van der Waals surface area contributed by atoms with Gasteiger partial charge < -0.3 is 15.4 Å². The molecule has 1 aliphatic carbocycles. The molecule has 152 valence electrons. The maximum atomic E-state index is 12.5. The highest BCUT2D eigenvalue weighted by atomic mass is 35.5. The summed E-state index contributed by atoms with van der Waals surface area (Å²) in [5, 5.41) is 16.2. The lowest BCUT2D eigenvalue weighted by Gasteiger charge is -2.12. The summed E-state index contributed by atoms with van der Waals surface area (Å²) in [4.78, 5) is 35.2. The van der Waals surface area contributed by atoms with Crippen LogP contribution in [0.3, 0.4) is 0 Å². The van der Waals surface area contributed by atoms with Crippen molar-refractivity contribution in [3.05, 3.63) is 68.7 Å². The van der Waals surface area contributed by atoms with Crippen LogP contribution in [0.4, 0.5) is 11.4 Å². The number of carbonyl (C=O) groups is 2. The van der Waals surface area contributed by atoms with E-state index in [2.05, 4.69) is 10.6 Å². The Morgan fingerprint density at radius 3 is 2.59 bits per heavy atom. The fourth-order valence-electron chi connectivity index (χ4n) is 2.65. The average molecular weight is 418 g/mol. The van der Waals surface area contributed by atoms with Crippen molar-refractivity contribution in [1.29, 1.82) is 0 Å². The molecule has 1 fully saturated rings. The number of para-hydroxylation sites is 1. The second-order valence-corrected chi connectivity index (χ2v) is 7.10. The van der Waals surface area contributed by atoms with E-state index in [0.717, 1.165) is 12.7 Å². The Hall–Kier alpha value is -2.97. The predicted octanol–water partition coefficient (Wildman–Crippen LogP) is 3.66. The summed E-state index contributed by atoms with van der Waals surface area (Å²) < 4.78 is 5.49. The van der Waals surface area contributed by atoms with Crippen molar-refractivity contribution >= 4 is 34.8 Å². The van der Waals surface area contributed by atoms with Crippen LogP contribution < -0.4 is 10.6 Å². The van der Waals surface area contributed by atoms with E-state index in [1.165, 1.54) is 25.0 Å². The highest BCUT2D eigenvalue weighted by molar-refractivity contribution is 6.34. The summed E-state index contributed by atoms with van der Waals surface area (Å²) >= 11 is 6.00. The van der Waals surface area contributed by atoms with Crippen LogP contribution >= 0.6 is 11.6 Å². The Morgan fingerprint density at radius 2 is 1.90 bits per heavy atom. The molecule has 0 aliphatic heterocycles. The standard InChI is InChI=1S/C20H20ClN3O5/c21-17-11-14(24(27)28)7-8-15(17)20(26)23-18-4-2-1-3-16(18)19(25)22-9-10-29-12-13-5-6-13/h1-4,7-8,11,13H,5-6,9-10,12H2,(H,22,25)(H,23,26). The van der Waals surface area contributed by atoms with Crippen molar-refractivity contribution in [1.82, 2.24) is 5.32 Å². The van der Waals surface area contributed by atoms with Crippen LogP contribution in [-0.4, -0.2) is 36.5 Å². The number of carbonyl (C=O) groups excluding carboxylic acids is 2. The molecule has 0 spiro atoms. The minimum Gasteiger partial charge on any atom is -0.379 e. The Bertz CT molecular complexity index is 930. The minimum absolute atomic E-state index is 0.0496. The van der Waals surface area contributed by atoms with E-state index in [9.17, 15) is 19.7 Å². The maximum absolute atomic E-state index is 12.5. The smallest absolute Gasteiger partial charge is 0.270 e. The van der Waals surface area contributed by atoms with Crippen LogP contribution in [0.1, 0.15) is 33.6 Å². The van der Waals surface area contributed by atoms with Gasteiger partial charge in [0.1, 0.15) is 0 Å². The van der Waals surface area contributed by atoms with E-state index in [1.807, 2.05) is 0 Å². The quantitative estimate of drug-likeness (QED) is 0.367. The number of benzene rings is 2. The molecule has 3 rings (SSSR count). The molecule has 9 heteroatoms. The highest BCUT2D eigenvalue weighted by Crippen LogP contribution is 2.28. The number of nitrogens with one attached hydrogen (secondary N) is 2. The Balaban J connectivity index is 1.62. The lowest BCUT2D eigenvalue weighted by molar-refractivity contribution is -0.384. The van der Waals surface area contributed by atoms with Gasteiger partial charge in [-0.1, -0.05) is 23.7 Å². The van der Waals surface area contributed by atoms with Crippen LogP contribution in [0.2, 0.25) is 5.02 Å². The summed E-state index contributed by atoms with van der Waals surface area (Å²) in [5.41, 5.74) is 0.459. The van der Waals surface area contributed by atoms with E-state index >= 15 is 0 Å². The lowest BCUT2D eigenvalue weighted by atomic mass is 10.1. The highest BCUT2D eigenvalue weighted by Gasteiger charge is 2.21. The van der Waals surface area contributed by atoms with Gasteiger partial charge in [0.2, 0.25) is 0 Å². The van der Waals surface area contributed by atoms with Crippen LogP contribution in [0.25, 0.3) is 0 Å². The SMILES string of the molecule is O=C(Nc1ccccc1C(=O)NCCOCC1CC1)c1ccc([N+](=O)[O-])cc1Cl. The number of rotatable bonds is 9. The molecule has 2 amide bonds. The van der Waals surface area contributed by atoms with Crippen LogP contribution in [0.5, 0.6) is 0 Å². The Morgan fingerprint density at radius 1 is 1.14 bits per heavy atom. The van der Waals surface area contributed by atoms with E-state index in [1.54, 1.807) is 24.3 Å². The van der Waals surface area contributed by atoms with Crippen molar-refractivity contribution in [3.8, 4) is 0 Å². The molecule has 0 radical (unpaired) electrons. The zero-order valence-electron chi connectivity index (χ0n) is 15.5. The van der Waals surface area contributed by atoms with E-state index in [4.69, 9.17) is 16.3 Å². The van der Waals surface area contributed by atoms with Gasteiger partial charge in [-0.3, -0.25) is 19.7 Å². The number of nitro groups is 1. The van der Waals surface area contributed by atoms with Gasteiger partial charge in [-0.05, 0) is 37.0 Å². The van der Waals surface area contributed by atoms with Crippen LogP contribution in [0.15, 0.2) is 42.5 Å². The van der Waals surface area contributed by atoms with Gasteiger partial charge in [0, 0.05) is 25.3 Å². The first kappa shape index (κ1) is 20.8. The van der Waals surface area contributed by atoms with Gasteiger partial charge in [0.25, 0.3) is 17.5 Å². The van der Waals surface area contributed by atoms with Gasteiger partial charge in [-0.2, -0.15) is 0 Å². The predicted molar refractivity (Wildman–Crippen MR) is 108 cm³/mol. The summed E-state index contributed by atoms with van der Waals surface area (Å²) in [6, 6.07) is 10.1. The maximum Gasteiger partial charge on any atom is 0.270 e. The molecular formula is C20H20ClN3O5. The molecular weight excluding hydrogens is 398 g/mol. The molecule has 1 saturated carbocycles. The second kappa shape index (κ2) is 9.49. The number of non-ortho nitro benzene ring substituents is 1. The molecule has 2 N–H and O–H groups in total. The third kappa shape index (κ3) is 5.75. The summed E-state index contributed by atoms with van der Waals surface area (Å²) in [6.45, 7) is 1.51. The fraction of sp³-hybridized carbons (Fsp3) is 0.300. The lowest BCUT2D eigenvalue weighted by Crippen LogP contribution is -2.28. The van der Waals surface area contributed by atoms with Gasteiger partial charge in [0.05, 0.1) is 33.4 Å². The zero-order valence-corrected chi connectivity index (χ0v) is 16.3. The molecule has 0 saturated heterocycles. The number of hydrogen-bond acceptors (Lipinski definition) is 5. The van der Waals surface area contributed by atoms with Crippen molar-refractivity contribution in [2.24, 2.45) is 5.92 Å². The third-order valence-electron chi connectivity index (χ3n) is 4.41. The molecule has 29 heavy (non-hydrogen) atoms. The van der Waals surface area contributed by atoms with E-state index in [-0.39, 0.29) is 22.2 Å². The molecule has 0 unspecified atom stereocenters. The van der Waals surface area contributed by atoms with Crippen molar-refractivity contribution < 1.29 is 19.2 Å². The topological polar surface area (TPSA) is 111 Å². The van der Waals surface area contributed by atoms with Crippen LogP contribution in [0, 0.1) is 16.0 Å². The van der Waals surface area contributed by atoms with Gasteiger partial charge in [0.15, 0.2) is 0 Å². The average Bonchev–Trinajstić information content (AvgIpc) is 3.52. The van der Waals surface area contributed by atoms with E-state index < -0.39 is 10.8 Å². The third-order valence-corrected chi connectivity index (χ3v) is 4.72. The molecule has 1 aliphatic rings. The number of ether oxygens (including phenoxy) is 1. The van der Waals surface area contributed by atoms with Crippen molar-refractivity contribution in [2.75, 3.05) is 25.1 Å². The number of anilines is 1. The number of nitrogens with zero attached hydrogens (tertiary/aromatic N) is 1. The molecule has 2 aromatic carbocycles. The molecule has 0 bridgehead atoms. The summed E-state index contributed by atoms with van der Waals surface area (Å²) in [6.07, 6.45) is 2.41. The number of halogens is 1. The molecule has 0 atom stereocenters. The van der Waals surface area contributed by atoms with Gasteiger partial charge in [-0.25, -0.2) is 0 Å². The Labute approximate surface area is 172 Å². The normalized spacial score (nSPS) is 13.0. The first-order valence-corrected chi connectivity index (χ1v) is 9.53. The van der Waals surface area contributed by atoms with Gasteiger partial charge >= 0.3 is 0 Å². The first-order valence-electron chi connectivity index (χ1n) is 9.16. The van der Waals surface area contributed by atoms with Crippen molar-refractivity contribution in [3.63, 3.8) is 0 Å². The molecule has 8 nitrogen and oxygen atoms in total. The fourth-order valence-corrected chi connectivity index (χ4v) is 2.91. The zero-order chi connectivity index (χ0) is 20.8. The largest absolute Gasteiger partial charge is 0.379 e. The first-order chi connectivity index (χ1) is 14.0. The van der Waals surface area contributed by atoms with Gasteiger partial charge in [-0.15, -0.1) is 0 Å². The summed E-state index contributed by atoms with van der Waals surface area (Å²) in [7, 11) is 0. The second-order valence-electron chi connectivity index (χ2n) is 6.70. The molecule has 2 aromatic rings. The molecule has 0 heterocycles. The van der Waals surface area contributed by atoms with E-state index in [0.29, 0.717) is 30.3 Å². The Kier molecular flexibility index (Phi) is 6.79. The minimum atomic E-state index is -0.596. The number of nitro benzene ring substituents is 1. The number of hydrogen-bond donors (Lipinski definition) is 2. The van der Waals surface area contributed by atoms with Crippen LogP contribution in [-0.2, 0) is 4.74 Å². The summed E-state index contributed by atoms with van der Waals surface area (Å²) in [5.74, 6) is -0.253. The number of amides is 2. The molecule has 0 aromatic heterocycles. The van der Waals surface area contributed by atoms with Crippen molar-refractivity contribution in [2.45, 2.75) is 12.8 Å². The monoisotopic (exact) mass is 417 g/mol.